The van der Waals surface area contributed by atoms with E-state index in [1.165, 1.54) is 5.57 Å². The molecule has 3 heteroatoms. The van der Waals surface area contributed by atoms with E-state index < -0.39 is 0 Å². The summed E-state index contributed by atoms with van der Waals surface area (Å²) >= 11 is 0. The van der Waals surface area contributed by atoms with Crippen molar-refractivity contribution in [3.63, 3.8) is 0 Å². The van der Waals surface area contributed by atoms with Crippen LogP contribution in [0.5, 0.6) is 0 Å². The van der Waals surface area contributed by atoms with Gasteiger partial charge in [0.05, 0.1) is 12.5 Å². The highest BCUT2D eigenvalue weighted by atomic mass is 16.5. The van der Waals surface area contributed by atoms with Crippen LogP contribution in [0.3, 0.4) is 0 Å². The molecule has 0 unspecified atom stereocenters. The first kappa shape index (κ1) is 14.2. The molecule has 1 rings (SSSR count). The molecule has 1 fully saturated rings. The van der Waals surface area contributed by atoms with Gasteiger partial charge in [0, 0.05) is 13.2 Å². The maximum absolute atomic E-state index is 12.1. The van der Waals surface area contributed by atoms with Crippen molar-refractivity contribution in [2.75, 3.05) is 13.7 Å². The molecule has 17 heavy (non-hydrogen) atoms. The third kappa shape index (κ3) is 3.32. The molecule has 0 aromatic rings. The largest absolute Gasteiger partial charge is 0.383 e. The van der Waals surface area contributed by atoms with Gasteiger partial charge in [-0.1, -0.05) is 25.5 Å². The topological polar surface area (TPSA) is 38.3 Å². The molecule has 0 heterocycles. The molecule has 1 N–H and O–H groups in total. The van der Waals surface area contributed by atoms with Crippen molar-refractivity contribution in [1.82, 2.24) is 5.32 Å². The van der Waals surface area contributed by atoms with Crippen LogP contribution in [0.2, 0.25) is 0 Å². The van der Waals surface area contributed by atoms with Crippen LogP contribution in [0.25, 0.3) is 0 Å². The van der Waals surface area contributed by atoms with Crippen molar-refractivity contribution in [3.05, 3.63) is 11.6 Å². The van der Waals surface area contributed by atoms with Gasteiger partial charge in [0.25, 0.3) is 0 Å². The van der Waals surface area contributed by atoms with Gasteiger partial charge in [-0.25, -0.2) is 0 Å². The van der Waals surface area contributed by atoms with Gasteiger partial charge in [-0.3, -0.25) is 4.79 Å². The Morgan fingerprint density at radius 2 is 2.06 bits per heavy atom. The minimum absolute atomic E-state index is 0.0799. The summed E-state index contributed by atoms with van der Waals surface area (Å²) in [7, 11) is 1.65. The number of nitrogens with one attached hydrogen (secondary N) is 1. The van der Waals surface area contributed by atoms with E-state index in [1.807, 2.05) is 6.92 Å². The summed E-state index contributed by atoms with van der Waals surface area (Å²) in [4.78, 5) is 12.1. The fraction of sp³-hybridized carbons (Fsp3) is 0.786. The number of ether oxygens (including phenoxy) is 1. The third-order valence-corrected chi connectivity index (χ3v) is 3.51. The number of carbonyl (C=O) groups is 1. The van der Waals surface area contributed by atoms with Crippen molar-refractivity contribution < 1.29 is 9.53 Å². The second-order valence-electron chi connectivity index (χ2n) is 5.93. The molecule has 1 saturated carbocycles. The van der Waals surface area contributed by atoms with Gasteiger partial charge in [0.2, 0.25) is 5.91 Å². The first-order valence-electron chi connectivity index (χ1n) is 6.25. The lowest BCUT2D eigenvalue weighted by molar-refractivity contribution is -0.124. The molecule has 0 aromatic heterocycles. The molecular weight excluding hydrogens is 214 g/mol. The Labute approximate surface area is 105 Å². The summed E-state index contributed by atoms with van der Waals surface area (Å²) in [6, 6.07) is 0.0799. The van der Waals surface area contributed by atoms with Gasteiger partial charge in [0.1, 0.15) is 0 Å². The van der Waals surface area contributed by atoms with Crippen LogP contribution >= 0.6 is 0 Å². The number of amides is 1. The highest BCUT2D eigenvalue weighted by Gasteiger charge is 2.60. The number of hydrogen-bond donors (Lipinski definition) is 1. The maximum Gasteiger partial charge on any atom is 0.224 e. The van der Waals surface area contributed by atoms with Crippen LogP contribution in [-0.2, 0) is 9.53 Å². The van der Waals surface area contributed by atoms with Gasteiger partial charge in [0.15, 0.2) is 0 Å². The molecule has 0 radical (unpaired) electrons. The molecule has 1 amide bonds. The summed E-state index contributed by atoms with van der Waals surface area (Å²) in [5.74, 6) is 0.640. The van der Waals surface area contributed by atoms with E-state index in [1.54, 1.807) is 7.11 Å². The Morgan fingerprint density at radius 1 is 1.47 bits per heavy atom. The Balaban J connectivity index is 2.57. The minimum Gasteiger partial charge on any atom is -0.383 e. The summed E-state index contributed by atoms with van der Waals surface area (Å²) < 4.78 is 5.02. The second-order valence-corrected chi connectivity index (χ2v) is 5.93. The molecule has 3 nitrogen and oxygen atoms in total. The number of carbonyl (C=O) groups excluding carboxylic acids is 1. The molecule has 0 aliphatic heterocycles. The maximum atomic E-state index is 12.1. The van der Waals surface area contributed by atoms with Crippen molar-refractivity contribution in [1.29, 1.82) is 0 Å². The smallest absolute Gasteiger partial charge is 0.224 e. The number of methoxy groups -OCH3 is 1. The van der Waals surface area contributed by atoms with Crippen LogP contribution in [0.15, 0.2) is 11.6 Å². The molecule has 0 saturated heterocycles. The van der Waals surface area contributed by atoms with E-state index >= 15 is 0 Å². The fourth-order valence-electron chi connectivity index (χ4n) is 2.47. The predicted octanol–water partition coefficient (Wildman–Crippen LogP) is 2.38. The SMILES string of the molecule is COC[C@H](C)NC(=O)[C@H]1[C@H](C=C(C)C)C1(C)C. The molecule has 1 aliphatic rings. The zero-order valence-electron chi connectivity index (χ0n) is 11.8. The van der Waals surface area contributed by atoms with Crippen LogP contribution < -0.4 is 5.32 Å². The van der Waals surface area contributed by atoms with Crippen LogP contribution in [0, 0.1) is 17.3 Å². The zero-order valence-corrected chi connectivity index (χ0v) is 11.8. The van der Waals surface area contributed by atoms with Crippen molar-refractivity contribution in [3.8, 4) is 0 Å². The fourth-order valence-corrected chi connectivity index (χ4v) is 2.47. The first-order chi connectivity index (χ1) is 7.80. The minimum atomic E-state index is 0.0799. The molecule has 0 spiro atoms. The van der Waals surface area contributed by atoms with E-state index in [0.29, 0.717) is 12.5 Å². The zero-order chi connectivity index (χ0) is 13.2. The van der Waals surface area contributed by atoms with Crippen LogP contribution in [-0.4, -0.2) is 25.7 Å². The first-order valence-corrected chi connectivity index (χ1v) is 6.25. The Hall–Kier alpha value is -0.830. The van der Waals surface area contributed by atoms with Gasteiger partial charge >= 0.3 is 0 Å². The second kappa shape index (κ2) is 5.21. The summed E-state index contributed by atoms with van der Waals surface area (Å²) in [6.07, 6.45) is 2.21. The Kier molecular flexibility index (Phi) is 4.36. The van der Waals surface area contributed by atoms with Gasteiger partial charge in [-0.2, -0.15) is 0 Å². The van der Waals surface area contributed by atoms with E-state index in [4.69, 9.17) is 4.74 Å². The average molecular weight is 239 g/mol. The van der Waals surface area contributed by atoms with E-state index in [0.717, 1.165) is 0 Å². The van der Waals surface area contributed by atoms with Crippen LogP contribution in [0.1, 0.15) is 34.6 Å². The number of hydrogen-bond acceptors (Lipinski definition) is 2. The Bertz CT molecular complexity index is 316. The van der Waals surface area contributed by atoms with Crippen molar-refractivity contribution in [2.45, 2.75) is 40.7 Å². The van der Waals surface area contributed by atoms with E-state index in [2.05, 4.69) is 39.1 Å². The van der Waals surface area contributed by atoms with Crippen LogP contribution in [0.4, 0.5) is 0 Å². The van der Waals surface area contributed by atoms with Gasteiger partial charge in [-0.05, 0) is 32.1 Å². The summed E-state index contributed by atoms with van der Waals surface area (Å²) in [5, 5.41) is 3.01. The molecule has 0 bridgehead atoms. The lowest BCUT2D eigenvalue weighted by atomic mass is 10.1. The normalized spacial score (nSPS) is 27.2. The van der Waals surface area contributed by atoms with Gasteiger partial charge in [-0.15, -0.1) is 0 Å². The highest BCUT2D eigenvalue weighted by molar-refractivity contribution is 5.83. The molecular formula is C14H25NO2. The van der Waals surface area contributed by atoms with Crippen molar-refractivity contribution >= 4 is 5.91 Å². The Morgan fingerprint density at radius 3 is 2.53 bits per heavy atom. The molecule has 1 aliphatic carbocycles. The lowest BCUT2D eigenvalue weighted by Crippen LogP contribution is -2.37. The van der Waals surface area contributed by atoms with Gasteiger partial charge < -0.3 is 10.1 Å². The molecule has 3 atom stereocenters. The quantitative estimate of drug-likeness (QED) is 0.748. The lowest BCUT2D eigenvalue weighted by Gasteiger charge is -2.13. The standard InChI is InChI=1S/C14H25NO2/c1-9(2)7-11-12(14(11,4)5)13(16)15-10(3)8-17-6/h7,10-12H,8H2,1-6H3,(H,15,16)/t10-,11-,12+/m0/s1. The molecule has 98 valence electrons. The predicted molar refractivity (Wildman–Crippen MR) is 69.7 cm³/mol. The average Bonchev–Trinajstić information content (AvgIpc) is 2.66. The van der Waals surface area contributed by atoms with E-state index in [-0.39, 0.29) is 23.3 Å². The summed E-state index contributed by atoms with van der Waals surface area (Å²) in [5.41, 5.74) is 1.37. The third-order valence-electron chi connectivity index (χ3n) is 3.51. The highest BCUT2D eigenvalue weighted by Crippen LogP contribution is 2.59. The van der Waals surface area contributed by atoms with Crippen molar-refractivity contribution in [2.24, 2.45) is 17.3 Å². The molecule has 0 aromatic carbocycles. The number of allylic oxidation sites excluding steroid dienone is 2. The monoisotopic (exact) mass is 239 g/mol. The van der Waals surface area contributed by atoms with E-state index in [9.17, 15) is 4.79 Å². The number of rotatable bonds is 5. The summed E-state index contributed by atoms with van der Waals surface area (Å²) in [6.45, 7) is 11.0.